The number of amides is 1. The SMILES string of the molecule is Cc1nc2ccccc2nc1SC(C)C(=O)Nc1ccc(Cl)cc1Cl. The zero-order valence-corrected chi connectivity index (χ0v) is 15.9. The molecule has 0 saturated carbocycles. The molecule has 1 heterocycles. The van der Waals surface area contributed by atoms with Crippen molar-refractivity contribution in [2.45, 2.75) is 24.1 Å². The number of thioether (sulfide) groups is 1. The predicted molar refractivity (Wildman–Crippen MR) is 105 cm³/mol. The highest BCUT2D eigenvalue weighted by molar-refractivity contribution is 8.00. The molecule has 0 spiro atoms. The topological polar surface area (TPSA) is 54.9 Å². The fourth-order valence-electron chi connectivity index (χ4n) is 2.23. The minimum absolute atomic E-state index is 0.163. The zero-order valence-electron chi connectivity index (χ0n) is 13.6. The van der Waals surface area contributed by atoms with Gasteiger partial charge in [0, 0.05) is 5.02 Å². The molecule has 0 radical (unpaired) electrons. The number of anilines is 1. The van der Waals surface area contributed by atoms with Crippen LogP contribution in [0.5, 0.6) is 0 Å². The number of halogens is 2. The summed E-state index contributed by atoms with van der Waals surface area (Å²) in [7, 11) is 0. The van der Waals surface area contributed by atoms with E-state index in [-0.39, 0.29) is 11.2 Å². The molecule has 1 N–H and O–H groups in total. The summed E-state index contributed by atoms with van der Waals surface area (Å²) in [5.41, 5.74) is 2.98. The van der Waals surface area contributed by atoms with Crippen molar-refractivity contribution in [3.8, 4) is 0 Å². The number of benzene rings is 2. The van der Waals surface area contributed by atoms with E-state index in [9.17, 15) is 4.79 Å². The molecule has 0 saturated heterocycles. The van der Waals surface area contributed by atoms with E-state index in [0.29, 0.717) is 15.7 Å². The minimum atomic E-state index is -0.360. The van der Waals surface area contributed by atoms with Crippen LogP contribution in [-0.2, 0) is 4.79 Å². The van der Waals surface area contributed by atoms with Crippen LogP contribution >= 0.6 is 35.0 Å². The Hall–Kier alpha value is -1.82. The van der Waals surface area contributed by atoms with E-state index >= 15 is 0 Å². The van der Waals surface area contributed by atoms with Crippen LogP contribution in [0.4, 0.5) is 5.69 Å². The standard InChI is InChI=1S/C18H15Cl2N3OS/c1-10-18(23-16-6-4-3-5-15(16)21-10)25-11(2)17(24)22-14-8-7-12(19)9-13(14)20/h3-9,11H,1-2H3,(H,22,24). The average Bonchev–Trinajstić information content (AvgIpc) is 2.58. The maximum Gasteiger partial charge on any atom is 0.237 e. The first-order valence-electron chi connectivity index (χ1n) is 7.60. The monoisotopic (exact) mass is 391 g/mol. The average molecular weight is 392 g/mol. The second kappa shape index (κ2) is 7.60. The number of rotatable bonds is 4. The molecule has 3 aromatic rings. The number of carbonyl (C=O) groups is 1. The second-order valence-corrected chi connectivity index (χ2v) is 7.65. The van der Waals surface area contributed by atoms with E-state index in [2.05, 4.69) is 15.3 Å². The van der Waals surface area contributed by atoms with Gasteiger partial charge >= 0.3 is 0 Å². The van der Waals surface area contributed by atoms with E-state index < -0.39 is 0 Å². The highest BCUT2D eigenvalue weighted by atomic mass is 35.5. The van der Waals surface area contributed by atoms with Crippen LogP contribution in [0.25, 0.3) is 11.0 Å². The van der Waals surface area contributed by atoms with Gasteiger partial charge < -0.3 is 5.32 Å². The molecule has 4 nitrogen and oxygen atoms in total. The molecule has 0 aliphatic carbocycles. The van der Waals surface area contributed by atoms with Crippen LogP contribution < -0.4 is 5.32 Å². The first-order valence-corrected chi connectivity index (χ1v) is 9.23. The fourth-order valence-corrected chi connectivity index (χ4v) is 3.55. The Balaban J connectivity index is 1.76. The molecule has 0 aliphatic heterocycles. The number of hydrogen-bond donors (Lipinski definition) is 1. The summed E-state index contributed by atoms with van der Waals surface area (Å²) in [6.45, 7) is 3.71. The van der Waals surface area contributed by atoms with Gasteiger partial charge in [-0.1, -0.05) is 47.1 Å². The van der Waals surface area contributed by atoms with E-state index in [1.165, 1.54) is 11.8 Å². The van der Waals surface area contributed by atoms with Gasteiger partial charge in [-0.3, -0.25) is 4.79 Å². The summed E-state index contributed by atoms with van der Waals surface area (Å²) in [6.07, 6.45) is 0. The highest BCUT2D eigenvalue weighted by Crippen LogP contribution is 2.29. The molecule has 3 rings (SSSR count). The first-order chi connectivity index (χ1) is 11.9. The Kier molecular flexibility index (Phi) is 5.47. The molecule has 1 atom stereocenters. The van der Waals surface area contributed by atoms with Crippen molar-refractivity contribution >= 4 is 57.6 Å². The van der Waals surface area contributed by atoms with Crippen LogP contribution in [0.1, 0.15) is 12.6 Å². The van der Waals surface area contributed by atoms with Crippen molar-refractivity contribution in [2.24, 2.45) is 0 Å². The number of nitrogens with zero attached hydrogens (tertiary/aromatic N) is 2. The van der Waals surface area contributed by atoms with Crippen molar-refractivity contribution < 1.29 is 4.79 Å². The lowest BCUT2D eigenvalue weighted by Gasteiger charge is -2.14. The van der Waals surface area contributed by atoms with Gasteiger partial charge in [-0.15, -0.1) is 0 Å². The lowest BCUT2D eigenvalue weighted by molar-refractivity contribution is -0.115. The number of aromatic nitrogens is 2. The Bertz CT molecular complexity index is 949. The molecule has 7 heteroatoms. The van der Waals surface area contributed by atoms with Crippen molar-refractivity contribution in [3.05, 3.63) is 58.2 Å². The van der Waals surface area contributed by atoms with Gasteiger partial charge in [0.05, 0.1) is 32.7 Å². The molecule has 1 aromatic heterocycles. The number of aryl methyl sites for hydroxylation is 1. The number of carbonyl (C=O) groups excluding carboxylic acids is 1. The molecular weight excluding hydrogens is 377 g/mol. The van der Waals surface area contributed by atoms with Crippen LogP contribution in [0.2, 0.25) is 10.0 Å². The molecule has 2 aromatic carbocycles. The van der Waals surface area contributed by atoms with Gasteiger partial charge in [-0.05, 0) is 44.2 Å². The van der Waals surface area contributed by atoms with Crippen molar-refractivity contribution in [2.75, 3.05) is 5.32 Å². The predicted octanol–water partition coefficient (Wildman–Crippen LogP) is 5.36. The van der Waals surface area contributed by atoms with Crippen LogP contribution in [-0.4, -0.2) is 21.1 Å². The smallest absolute Gasteiger partial charge is 0.237 e. The van der Waals surface area contributed by atoms with Gasteiger partial charge in [0.25, 0.3) is 0 Å². The quantitative estimate of drug-likeness (QED) is 0.607. The zero-order chi connectivity index (χ0) is 18.0. The highest BCUT2D eigenvalue weighted by Gasteiger charge is 2.18. The number of hydrogen-bond acceptors (Lipinski definition) is 4. The number of nitrogens with one attached hydrogen (secondary N) is 1. The molecule has 1 unspecified atom stereocenters. The lowest BCUT2D eigenvalue weighted by atomic mass is 10.3. The van der Waals surface area contributed by atoms with E-state index in [1.54, 1.807) is 18.2 Å². The Morgan fingerprint density at radius 3 is 2.48 bits per heavy atom. The summed E-state index contributed by atoms with van der Waals surface area (Å²) in [5.74, 6) is -0.163. The van der Waals surface area contributed by atoms with Crippen LogP contribution in [0.3, 0.4) is 0 Å². The summed E-state index contributed by atoms with van der Waals surface area (Å²) in [5, 5.41) is 4.12. The first kappa shape index (κ1) is 18.0. The number of fused-ring (bicyclic) bond motifs is 1. The minimum Gasteiger partial charge on any atom is -0.324 e. The van der Waals surface area contributed by atoms with Gasteiger partial charge in [-0.25, -0.2) is 9.97 Å². The van der Waals surface area contributed by atoms with Gasteiger partial charge in [0.2, 0.25) is 5.91 Å². The fraction of sp³-hybridized carbons (Fsp3) is 0.167. The Labute approximate surface area is 160 Å². The van der Waals surface area contributed by atoms with Crippen molar-refractivity contribution in [3.63, 3.8) is 0 Å². The third kappa shape index (κ3) is 4.24. The summed E-state index contributed by atoms with van der Waals surface area (Å²) >= 11 is 13.3. The molecule has 0 fully saturated rings. The third-order valence-electron chi connectivity index (χ3n) is 3.55. The van der Waals surface area contributed by atoms with E-state index in [1.807, 2.05) is 38.1 Å². The van der Waals surface area contributed by atoms with Gasteiger partial charge in [0.1, 0.15) is 5.03 Å². The van der Waals surface area contributed by atoms with Crippen LogP contribution in [0.15, 0.2) is 47.5 Å². The molecule has 0 bridgehead atoms. The molecule has 0 aliphatic rings. The maximum atomic E-state index is 12.5. The summed E-state index contributed by atoms with van der Waals surface area (Å²) < 4.78 is 0. The van der Waals surface area contributed by atoms with E-state index in [4.69, 9.17) is 23.2 Å². The normalized spacial score (nSPS) is 12.2. The third-order valence-corrected chi connectivity index (χ3v) is 5.27. The van der Waals surface area contributed by atoms with Gasteiger partial charge in [0.15, 0.2) is 0 Å². The molecule has 128 valence electrons. The Morgan fingerprint density at radius 2 is 1.80 bits per heavy atom. The van der Waals surface area contributed by atoms with Gasteiger partial charge in [-0.2, -0.15) is 0 Å². The Morgan fingerprint density at radius 1 is 1.12 bits per heavy atom. The summed E-state index contributed by atoms with van der Waals surface area (Å²) in [6, 6.07) is 12.6. The van der Waals surface area contributed by atoms with Crippen LogP contribution in [0, 0.1) is 6.92 Å². The molecule has 25 heavy (non-hydrogen) atoms. The second-order valence-electron chi connectivity index (χ2n) is 5.48. The maximum absolute atomic E-state index is 12.5. The lowest BCUT2D eigenvalue weighted by Crippen LogP contribution is -2.22. The molecule has 1 amide bonds. The summed E-state index contributed by atoms with van der Waals surface area (Å²) in [4.78, 5) is 21.6. The number of para-hydroxylation sites is 2. The van der Waals surface area contributed by atoms with E-state index in [0.717, 1.165) is 21.8 Å². The largest absolute Gasteiger partial charge is 0.324 e. The molecular formula is C18H15Cl2N3OS. The van der Waals surface area contributed by atoms with Crippen molar-refractivity contribution in [1.29, 1.82) is 0 Å². The van der Waals surface area contributed by atoms with Crippen molar-refractivity contribution in [1.82, 2.24) is 9.97 Å².